The third-order valence-electron chi connectivity index (χ3n) is 3.25. The first-order chi connectivity index (χ1) is 7.83. The zero-order valence-electron chi connectivity index (χ0n) is 12.6. The van der Waals surface area contributed by atoms with Gasteiger partial charge in [-0.25, -0.2) is 0 Å². The van der Waals surface area contributed by atoms with E-state index in [4.69, 9.17) is 9.47 Å². The molecule has 0 heterocycles. The number of hydrogen-bond acceptors (Lipinski definition) is 3. The Bertz CT molecular complexity index is 171. The zero-order chi connectivity index (χ0) is 13.4. The molecule has 0 aliphatic carbocycles. The van der Waals surface area contributed by atoms with Crippen molar-refractivity contribution in [2.75, 3.05) is 26.3 Å². The fraction of sp³-hybridized carbons (Fsp3) is 1.00. The van der Waals surface area contributed by atoms with E-state index < -0.39 is 0 Å². The number of rotatable bonds is 10. The first kappa shape index (κ1) is 16.9. The highest BCUT2D eigenvalue weighted by molar-refractivity contribution is 4.66. The van der Waals surface area contributed by atoms with Gasteiger partial charge in [0.05, 0.1) is 24.4 Å². The van der Waals surface area contributed by atoms with Gasteiger partial charge in [0.1, 0.15) is 0 Å². The van der Waals surface area contributed by atoms with Gasteiger partial charge in [-0.15, -0.1) is 0 Å². The van der Waals surface area contributed by atoms with Crippen LogP contribution in [0.5, 0.6) is 0 Å². The molecule has 0 aromatic carbocycles. The second-order valence-corrected chi connectivity index (χ2v) is 5.67. The lowest BCUT2D eigenvalue weighted by atomic mass is 10.1. The SMILES string of the molecule is CCC(C)(C)OCCNCCOC(C)(C)CC. The van der Waals surface area contributed by atoms with E-state index >= 15 is 0 Å². The minimum atomic E-state index is 0.00236. The van der Waals surface area contributed by atoms with Crippen LogP contribution in [-0.2, 0) is 9.47 Å². The van der Waals surface area contributed by atoms with Crippen LogP contribution in [0, 0.1) is 0 Å². The van der Waals surface area contributed by atoms with Crippen molar-refractivity contribution in [2.45, 2.75) is 65.6 Å². The lowest BCUT2D eigenvalue weighted by Gasteiger charge is -2.24. The number of hydrogen-bond donors (Lipinski definition) is 1. The highest BCUT2D eigenvalue weighted by Crippen LogP contribution is 2.13. The van der Waals surface area contributed by atoms with Crippen LogP contribution >= 0.6 is 0 Å². The molecule has 17 heavy (non-hydrogen) atoms. The lowest BCUT2D eigenvalue weighted by Crippen LogP contribution is -2.32. The third kappa shape index (κ3) is 9.57. The summed E-state index contributed by atoms with van der Waals surface area (Å²) in [6.45, 7) is 16.1. The average molecular weight is 245 g/mol. The summed E-state index contributed by atoms with van der Waals surface area (Å²) in [6.07, 6.45) is 2.08. The zero-order valence-corrected chi connectivity index (χ0v) is 12.6. The first-order valence-corrected chi connectivity index (χ1v) is 6.81. The van der Waals surface area contributed by atoms with Crippen molar-refractivity contribution in [2.24, 2.45) is 0 Å². The predicted molar refractivity (Wildman–Crippen MR) is 73.5 cm³/mol. The highest BCUT2D eigenvalue weighted by Gasteiger charge is 2.15. The molecule has 0 amide bonds. The molecular formula is C14H31NO2. The molecule has 3 nitrogen and oxygen atoms in total. The summed E-state index contributed by atoms with van der Waals surface area (Å²) in [5.41, 5.74) is 0.00473. The van der Waals surface area contributed by atoms with Gasteiger partial charge >= 0.3 is 0 Å². The van der Waals surface area contributed by atoms with Crippen molar-refractivity contribution in [3.63, 3.8) is 0 Å². The molecule has 0 saturated carbocycles. The van der Waals surface area contributed by atoms with Crippen LogP contribution < -0.4 is 5.32 Å². The standard InChI is InChI=1S/C14H31NO2/c1-7-13(3,4)16-11-9-15-10-12-17-14(5,6)8-2/h15H,7-12H2,1-6H3. The van der Waals surface area contributed by atoms with Crippen LogP contribution in [0.25, 0.3) is 0 Å². The summed E-state index contributed by atoms with van der Waals surface area (Å²) < 4.78 is 11.5. The Hall–Kier alpha value is -0.120. The molecule has 0 spiro atoms. The van der Waals surface area contributed by atoms with E-state index in [0.717, 1.165) is 39.1 Å². The summed E-state index contributed by atoms with van der Waals surface area (Å²) in [4.78, 5) is 0. The van der Waals surface area contributed by atoms with Gasteiger partial charge in [-0.05, 0) is 40.5 Å². The fourth-order valence-corrected chi connectivity index (χ4v) is 1.13. The van der Waals surface area contributed by atoms with Gasteiger partial charge < -0.3 is 14.8 Å². The van der Waals surface area contributed by atoms with Gasteiger partial charge in [0.2, 0.25) is 0 Å². The molecule has 3 heteroatoms. The van der Waals surface area contributed by atoms with Crippen molar-refractivity contribution in [1.82, 2.24) is 5.32 Å². The first-order valence-electron chi connectivity index (χ1n) is 6.81. The van der Waals surface area contributed by atoms with Crippen LogP contribution in [0.15, 0.2) is 0 Å². The van der Waals surface area contributed by atoms with Crippen LogP contribution in [0.1, 0.15) is 54.4 Å². The Morgan fingerprint density at radius 1 is 0.765 bits per heavy atom. The Balaban J connectivity index is 3.36. The molecular weight excluding hydrogens is 214 g/mol. The van der Waals surface area contributed by atoms with E-state index in [1.54, 1.807) is 0 Å². The van der Waals surface area contributed by atoms with Crippen molar-refractivity contribution in [3.8, 4) is 0 Å². The van der Waals surface area contributed by atoms with E-state index in [1.807, 2.05) is 0 Å². The van der Waals surface area contributed by atoms with Crippen LogP contribution in [0.2, 0.25) is 0 Å². The molecule has 0 fully saturated rings. The fourth-order valence-electron chi connectivity index (χ4n) is 1.13. The van der Waals surface area contributed by atoms with Gasteiger partial charge in [0, 0.05) is 13.1 Å². The van der Waals surface area contributed by atoms with Gasteiger partial charge in [0.15, 0.2) is 0 Å². The quantitative estimate of drug-likeness (QED) is 0.600. The second kappa shape index (κ2) is 8.06. The Kier molecular flexibility index (Phi) is 8.01. The maximum atomic E-state index is 5.74. The Morgan fingerprint density at radius 3 is 1.41 bits per heavy atom. The average Bonchev–Trinajstić information content (AvgIpc) is 2.27. The normalized spacial score (nSPS) is 13.1. The molecule has 0 aliphatic rings. The van der Waals surface area contributed by atoms with Gasteiger partial charge in [0.25, 0.3) is 0 Å². The molecule has 0 rings (SSSR count). The molecule has 0 aliphatic heterocycles. The summed E-state index contributed by atoms with van der Waals surface area (Å²) in [7, 11) is 0. The summed E-state index contributed by atoms with van der Waals surface area (Å²) in [5, 5.41) is 3.33. The van der Waals surface area contributed by atoms with E-state index in [-0.39, 0.29) is 11.2 Å². The largest absolute Gasteiger partial charge is 0.374 e. The molecule has 0 aromatic heterocycles. The smallest absolute Gasteiger partial charge is 0.0624 e. The van der Waals surface area contributed by atoms with E-state index in [9.17, 15) is 0 Å². The van der Waals surface area contributed by atoms with Crippen molar-refractivity contribution >= 4 is 0 Å². The monoisotopic (exact) mass is 245 g/mol. The van der Waals surface area contributed by atoms with Gasteiger partial charge in [-0.1, -0.05) is 13.8 Å². The van der Waals surface area contributed by atoms with Crippen LogP contribution in [0.4, 0.5) is 0 Å². The molecule has 0 saturated heterocycles. The maximum absolute atomic E-state index is 5.74. The summed E-state index contributed by atoms with van der Waals surface area (Å²) >= 11 is 0. The van der Waals surface area contributed by atoms with Crippen LogP contribution in [-0.4, -0.2) is 37.5 Å². The Labute approximate surface area is 107 Å². The molecule has 104 valence electrons. The molecule has 1 N–H and O–H groups in total. The molecule has 0 unspecified atom stereocenters. The van der Waals surface area contributed by atoms with E-state index in [1.165, 1.54) is 0 Å². The van der Waals surface area contributed by atoms with Gasteiger partial charge in [-0.2, -0.15) is 0 Å². The van der Waals surface area contributed by atoms with E-state index in [0.29, 0.717) is 0 Å². The van der Waals surface area contributed by atoms with E-state index in [2.05, 4.69) is 46.9 Å². The topological polar surface area (TPSA) is 30.5 Å². The van der Waals surface area contributed by atoms with Crippen LogP contribution in [0.3, 0.4) is 0 Å². The van der Waals surface area contributed by atoms with Crippen molar-refractivity contribution in [1.29, 1.82) is 0 Å². The van der Waals surface area contributed by atoms with Crippen molar-refractivity contribution < 1.29 is 9.47 Å². The molecule has 0 bridgehead atoms. The lowest BCUT2D eigenvalue weighted by molar-refractivity contribution is -0.0258. The maximum Gasteiger partial charge on any atom is 0.0624 e. The second-order valence-electron chi connectivity index (χ2n) is 5.67. The molecule has 0 radical (unpaired) electrons. The number of ether oxygens (including phenoxy) is 2. The minimum Gasteiger partial charge on any atom is -0.374 e. The number of nitrogens with one attached hydrogen (secondary N) is 1. The molecule has 0 aromatic rings. The summed E-state index contributed by atoms with van der Waals surface area (Å²) in [5.74, 6) is 0. The summed E-state index contributed by atoms with van der Waals surface area (Å²) in [6, 6.07) is 0. The highest BCUT2D eigenvalue weighted by atomic mass is 16.5. The molecule has 0 atom stereocenters. The van der Waals surface area contributed by atoms with Gasteiger partial charge in [-0.3, -0.25) is 0 Å². The Morgan fingerprint density at radius 2 is 1.12 bits per heavy atom. The predicted octanol–water partition coefficient (Wildman–Crippen LogP) is 2.99. The minimum absolute atomic E-state index is 0.00236. The van der Waals surface area contributed by atoms with Crippen molar-refractivity contribution in [3.05, 3.63) is 0 Å². The third-order valence-corrected chi connectivity index (χ3v) is 3.25.